The molecule has 1 aliphatic rings. The number of nitrogens with zero attached hydrogens (tertiary/aromatic N) is 1. The second-order valence-corrected chi connectivity index (χ2v) is 4.51. The first kappa shape index (κ1) is 11.2. The van der Waals surface area contributed by atoms with Crippen LogP contribution in [0.2, 0.25) is 0 Å². The molecule has 1 aromatic rings. The van der Waals surface area contributed by atoms with Crippen LogP contribution in [-0.2, 0) is 6.42 Å². The van der Waals surface area contributed by atoms with Gasteiger partial charge in [0.25, 0.3) is 0 Å². The van der Waals surface area contributed by atoms with E-state index in [0.29, 0.717) is 0 Å². The molecule has 16 heavy (non-hydrogen) atoms. The Morgan fingerprint density at radius 3 is 2.88 bits per heavy atom. The minimum atomic E-state index is 0.805. The molecule has 2 N–H and O–H groups in total. The van der Waals surface area contributed by atoms with E-state index in [-0.39, 0.29) is 0 Å². The topological polar surface area (TPSA) is 29.3 Å². The SMILES string of the molecule is C=CCN(CCc1cccc(N)c1)C1CC1. The first-order valence-corrected chi connectivity index (χ1v) is 5.99. The minimum absolute atomic E-state index is 0.805. The van der Waals surface area contributed by atoms with Gasteiger partial charge in [-0.05, 0) is 37.0 Å². The molecular formula is C14H20N2. The Kier molecular flexibility index (Phi) is 3.62. The van der Waals surface area contributed by atoms with E-state index in [1.807, 2.05) is 18.2 Å². The summed E-state index contributed by atoms with van der Waals surface area (Å²) in [6.45, 7) is 5.94. The van der Waals surface area contributed by atoms with Crippen molar-refractivity contribution in [2.45, 2.75) is 25.3 Å². The molecule has 0 aliphatic heterocycles. The van der Waals surface area contributed by atoms with E-state index in [1.54, 1.807) is 0 Å². The summed E-state index contributed by atoms with van der Waals surface area (Å²) in [6.07, 6.45) is 5.78. The summed E-state index contributed by atoms with van der Waals surface area (Å²) >= 11 is 0. The summed E-state index contributed by atoms with van der Waals surface area (Å²) in [7, 11) is 0. The van der Waals surface area contributed by atoms with Crippen molar-refractivity contribution in [1.82, 2.24) is 4.90 Å². The fourth-order valence-corrected chi connectivity index (χ4v) is 2.05. The number of nitrogens with two attached hydrogens (primary N) is 1. The van der Waals surface area contributed by atoms with Gasteiger partial charge in [0.15, 0.2) is 0 Å². The standard InChI is InChI=1S/C14H20N2/c1-2-9-16(14-6-7-14)10-8-12-4-3-5-13(15)11-12/h2-5,11,14H,1,6-10,15H2. The smallest absolute Gasteiger partial charge is 0.0316 e. The fraction of sp³-hybridized carbons (Fsp3) is 0.429. The molecule has 2 heteroatoms. The van der Waals surface area contributed by atoms with Gasteiger partial charge in [0.2, 0.25) is 0 Å². The summed E-state index contributed by atoms with van der Waals surface area (Å²) in [5, 5.41) is 0. The number of hydrogen-bond acceptors (Lipinski definition) is 2. The maximum atomic E-state index is 5.77. The Morgan fingerprint density at radius 1 is 1.44 bits per heavy atom. The van der Waals surface area contributed by atoms with E-state index in [9.17, 15) is 0 Å². The molecule has 1 saturated carbocycles. The highest BCUT2D eigenvalue weighted by Crippen LogP contribution is 2.26. The lowest BCUT2D eigenvalue weighted by molar-refractivity contribution is 0.296. The number of nitrogen functional groups attached to an aromatic ring is 1. The lowest BCUT2D eigenvalue weighted by atomic mass is 10.1. The van der Waals surface area contributed by atoms with Crippen molar-refractivity contribution in [1.29, 1.82) is 0 Å². The monoisotopic (exact) mass is 216 g/mol. The average Bonchev–Trinajstić information content (AvgIpc) is 3.08. The fourth-order valence-electron chi connectivity index (χ4n) is 2.05. The highest BCUT2D eigenvalue weighted by molar-refractivity contribution is 5.40. The zero-order valence-electron chi connectivity index (χ0n) is 9.73. The van der Waals surface area contributed by atoms with E-state index >= 15 is 0 Å². The lowest BCUT2D eigenvalue weighted by Crippen LogP contribution is -2.28. The molecule has 0 atom stereocenters. The van der Waals surface area contributed by atoms with Crippen molar-refractivity contribution >= 4 is 5.69 Å². The molecule has 0 amide bonds. The third-order valence-corrected chi connectivity index (χ3v) is 3.07. The van der Waals surface area contributed by atoms with Crippen LogP contribution in [-0.4, -0.2) is 24.0 Å². The van der Waals surface area contributed by atoms with E-state index in [2.05, 4.69) is 23.6 Å². The number of rotatable bonds is 6. The Hall–Kier alpha value is -1.28. The largest absolute Gasteiger partial charge is 0.399 e. The van der Waals surface area contributed by atoms with Gasteiger partial charge in [-0.3, -0.25) is 4.90 Å². The molecule has 0 aromatic heterocycles. The molecule has 1 fully saturated rings. The highest BCUT2D eigenvalue weighted by atomic mass is 15.2. The molecule has 0 saturated heterocycles. The summed E-state index contributed by atoms with van der Waals surface area (Å²) < 4.78 is 0. The van der Waals surface area contributed by atoms with Crippen LogP contribution in [0.5, 0.6) is 0 Å². The molecule has 2 rings (SSSR count). The van der Waals surface area contributed by atoms with Crippen LogP contribution in [0.3, 0.4) is 0 Å². The molecule has 0 radical (unpaired) electrons. The van der Waals surface area contributed by atoms with Crippen molar-refractivity contribution in [3.05, 3.63) is 42.5 Å². The molecule has 0 bridgehead atoms. The first-order chi connectivity index (χ1) is 7.79. The molecule has 2 nitrogen and oxygen atoms in total. The zero-order chi connectivity index (χ0) is 11.4. The summed E-state index contributed by atoms with van der Waals surface area (Å²) in [5.41, 5.74) is 7.95. The van der Waals surface area contributed by atoms with E-state index in [1.165, 1.54) is 18.4 Å². The lowest BCUT2D eigenvalue weighted by Gasteiger charge is -2.19. The van der Waals surface area contributed by atoms with Gasteiger partial charge in [0.05, 0.1) is 0 Å². The zero-order valence-corrected chi connectivity index (χ0v) is 9.73. The summed E-state index contributed by atoms with van der Waals surface area (Å²) in [4.78, 5) is 2.51. The Balaban J connectivity index is 1.87. The van der Waals surface area contributed by atoms with Gasteiger partial charge in [0.1, 0.15) is 0 Å². The quantitative estimate of drug-likeness (QED) is 0.584. The minimum Gasteiger partial charge on any atom is -0.399 e. The Labute approximate surface area is 97.8 Å². The molecule has 0 spiro atoms. The summed E-state index contributed by atoms with van der Waals surface area (Å²) in [5.74, 6) is 0. The predicted molar refractivity (Wildman–Crippen MR) is 69.4 cm³/mol. The molecule has 1 aromatic carbocycles. The van der Waals surface area contributed by atoms with E-state index in [0.717, 1.165) is 31.2 Å². The number of hydrogen-bond donors (Lipinski definition) is 1. The second-order valence-electron chi connectivity index (χ2n) is 4.51. The molecule has 0 unspecified atom stereocenters. The maximum absolute atomic E-state index is 5.77. The van der Waals surface area contributed by atoms with Gasteiger partial charge in [0, 0.05) is 24.8 Å². The van der Waals surface area contributed by atoms with Gasteiger partial charge in [-0.15, -0.1) is 6.58 Å². The van der Waals surface area contributed by atoms with Crippen LogP contribution in [0, 0.1) is 0 Å². The van der Waals surface area contributed by atoms with Crippen LogP contribution in [0.1, 0.15) is 18.4 Å². The Bertz CT molecular complexity index is 356. The maximum Gasteiger partial charge on any atom is 0.0316 e. The summed E-state index contributed by atoms with van der Waals surface area (Å²) in [6, 6.07) is 8.99. The predicted octanol–water partition coefficient (Wildman–Crippen LogP) is 2.46. The Morgan fingerprint density at radius 2 is 2.25 bits per heavy atom. The highest BCUT2D eigenvalue weighted by Gasteiger charge is 2.27. The van der Waals surface area contributed by atoms with Crippen LogP contribution < -0.4 is 5.73 Å². The van der Waals surface area contributed by atoms with Gasteiger partial charge in [-0.1, -0.05) is 18.2 Å². The van der Waals surface area contributed by atoms with Gasteiger partial charge in [-0.25, -0.2) is 0 Å². The van der Waals surface area contributed by atoms with Crippen molar-refractivity contribution < 1.29 is 0 Å². The molecule has 86 valence electrons. The first-order valence-electron chi connectivity index (χ1n) is 5.99. The third kappa shape index (κ3) is 3.11. The van der Waals surface area contributed by atoms with Crippen LogP contribution >= 0.6 is 0 Å². The van der Waals surface area contributed by atoms with Crippen LogP contribution in [0.25, 0.3) is 0 Å². The molecule has 0 heterocycles. The van der Waals surface area contributed by atoms with Gasteiger partial charge >= 0.3 is 0 Å². The van der Waals surface area contributed by atoms with Crippen LogP contribution in [0.4, 0.5) is 5.69 Å². The van der Waals surface area contributed by atoms with E-state index < -0.39 is 0 Å². The number of anilines is 1. The van der Waals surface area contributed by atoms with Gasteiger partial charge in [-0.2, -0.15) is 0 Å². The van der Waals surface area contributed by atoms with Crippen LogP contribution in [0.15, 0.2) is 36.9 Å². The number of benzene rings is 1. The van der Waals surface area contributed by atoms with Crippen molar-refractivity contribution in [3.8, 4) is 0 Å². The third-order valence-electron chi connectivity index (χ3n) is 3.07. The van der Waals surface area contributed by atoms with Crippen molar-refractivity contribution in [3.63, 3.8) is 0 Å². The second kappa shape index (κ2) is 5.17. The van der Waals surface area contributed by atoms with E-state index in [4.69, 9.17) is 5.73 Å². The average molecular weight is 216 g/mol. The molecule has 1 aliphatic carbocycles. The van der Waals surface area contributed by atoms with Crippen molar-refractivity contribution in [2.75, 3.05) is 18.8 Å². The normalized spacial score (nSPS) is 15.3. The van der Waals surface area contributed by atoms with Crippen molar-refractivity contribution in [2.24, 2.45) is 0 Å². The van der Waals surface area contributed by atoms with Gasteiger partial charge < -0.3 is 5.73 Å². The molecular weight excluding hydrogens is 196 g/mol.